The van der Waals surface area contributed by atoms with E-state index in [9.17, 15) is 4.79 Å². The molecule has 0 bridgehead atoms. The Hall–Kier alpha value is -0.180. The monoisotopic (exact) mass is 138 g/mol. The number of rotatable bonds is 3. The molecule has 0 aliphatic heterocycles. The molecule has 0 saturated carbocycles. The zero-order valence-corrected chi connectivity index (χ0v) is 5.01. The molecular formula is C3H7O4P. The van der Waals surface area contributed by atoms with Gasteiger partial charge in [-0.2, -0.15) is 0 Å². The van der Waals surface area contributed by atoms with E-state index in [0.29, 0.717) is 0 Å². The van der Waals surface area contributed by atoms with Crippen LogP contribution < -0.4 is 0 Å². The fourth-order valence-electron chi connectivity index (χ4n) is 0.196. The first kappa shape index (κ1) is 7.82. The Morgan fingerprint density at radius 3 is 2.12 bits per heavy atom. The summed E-state index contributed by atoms with van der Waals surface area (Å²) in [5.74, 6) is -0.999. The van der Waals surface area contributed by atoms with Crippen molar-refractivity contribution >= 4 is 14.3 Å². The van der Waals surface area contributed by atoms with Crippen LogP contribution in [0.3, 0.4) is 0 Å². The Labute approximate surface area is 47.7 Å². The highest BCUT2D eigenvalue weighted by molar-refractivity contribution is 7.45. The van der Waals surface area contributed by atoms with Crippen LogP contribution in [0.15, 0.2) is 0 Å². The van der Waals surface area contributed by atoms with Crippen molar-refractivity contribution in [3.8, 4) is 0 Å². The number of carboxylic acids is 1. The van der Waals surface area contributed by atoms with E-state index in [0.717, 1.165) is 0 Å². The summed E-state index contributed by atoms with van der Waals surface area (Å²) in [4.78, 5) is 26.0. The van der Waals surface area contributed by atoms with E-state index >= 15 is 0 Å². The molecule has 0 rings (SSSR count). The van der Waals surface area contributed by atoms with Gasteiger partial charge in [-0.15, -0.1) is 0 Å². The van der Waals surface area contributed by atoms with Gasteiger partial charge in [0, 0.05) is 6.16 Å². The minimum absolute atomic E-state index is 0.0370. The maximum absolute atomic E-state index is 9.69. The normalized spacial score (nSPS) is 9.88. The molecule has 8 heavy (non-hydrogen) atoms. The van der Waals surface area contributed by atoms with E-state index in [1.807, 2.05) is 0 Å². The highest BCUT2D eigenvalue weighted by atomic mass is 31.2. The molecule has 0 aliphatic rings. The summed E-state index contributed by atoms with van der Waals surface area (Å²) in [6, 6.07) is 0. The van der Waals surface area contributed by atoms with Gasteiger partial charge >= 0.3 is 5.97 Å². The Morgan fingerprint density at radius 2 is 2.00 bits per heavy atom. The van der Waals surface area contributed by atoms with Gasteiger partial charge in [0.05, 0.1) is 6.42 Å². The Bertz CT molecular complexity index is 81.4. The van der Waals surface area contributed by atoms with Gasteiger partial charge in [0.2, 0.25) is 0 Å². The van der Waals surface area contributed by atoms with Crippen molar-refractivity contribution in [3.63, 3.8) is 0 Å². The van der Waals surface area contributed by atoms with Crippen LogP contribution in [0, 0.1) is 0 Å². The lowest BCUT2D eigenvalue weighted by Gasteiger charge is -1.95. The molecule has 0 aliphatic carbocycles. The van der Waals surface area contributed by atoms with Crippen LogP contribution >= 0.6 is 8.38 Å². The highest BCUT2D eigenvalue weighted by Crippen LogP contribution is 2.22. The zero-order chi connectivity index (χ0) is 6.57. The molecule has 0 spiro atoms. The first-order valence-corrected chi connectivity index (χ1v) is 3.43. The molecule has 0 aromatic carbocycles. The number of hydrogen-bond acceptors (Lipinski definition) is 3. The van der Waals surface area contributed by atoms with E-state index in [1.54, 1.807) is 0 Å². The zero-order valence-electron chi connectivity index (χ0n) is 4.11. The second-order valence-corrected chi connectivity index (χ2v) is 2.43. The van der Waals surface area contributed by atoms with Crippen LogP contribution in [0.25, 0.3) is 0 Å². The van der Waals surface area contributed by atoms with Crippen molar-refractivity contribution < 1.29 is 19.7 Å². The van der Waals surface area contributed by atoms with Crippen LogP contribution in [0.1, 0.15) is 6.42 Å². The summed E-state index contributed by atoms with van der Waals surface area (Å²) in [7, 11) is -2.01. The average molecular weight is 138 g/mol. The second-order valence-electron chi connectivity index (χ2n) is 1.24. The van der Waals surface area contributed by atoms with Gasteiger partial charge in [-0.1, -0.05) is 0 Å². The molecule has 0 heterocycles. The minimum atomic E-state index is -2.01. The molecule has 4 nitrogen and oxygen atoms in total. The van der Waals surface area contributed by atoms with Crippen molar-refractivity contribution in [2.24, 2.45) is 0 Å². The molecule has 0 amide bonds. The van der Waals surface area contributed by atoms with Gasteiger partial charge in [-0.3, -0.25) is 4.79 Å². The van der Waals surface area contributed by atoms with Crippen molar-refractivity contribution in [2.45, 2.75) is 6.42 Å². The maximum atomic E-state index is 9.69. The molecule has 48 valence electrons. The Kier molecular flexibility index (Phi) is 3.69. The second kappa shape index (κ2) is 3.78. The van der Waals surface area contributed by atoms with Crippen LogP contribution in [-0.2, 0) is 4.79 Å². The van der Waals surface area contributed by atoms with Gasteiger partial charge in [0.1, 0.15) is 0 Å². The number of hydrogen-bond donors (Lipinski definition) is 3. The number of carboxylic acid groups (broad SMARTS) is 1. The summed E-state index contributed by atoms with van der Waals surface area (Å²) in [5, 5.41) is 7.95. The molecule has 0 unspecified atom stereocenters. The molecular weight excluding hydrogens is 131 g/mol. The maximum Gasteiger partial charge on any atom is 0.303 e. The molecule has 5 heteroatoms. The lowest BCUT2D eigenvalue weighted by atomic mass is 10.5. The van der Waals surface area contributed by atoms with Crippen molar-refractivity contribution in [1.29, 1.82) is 0 Å². The van der Waals surface area contributed by atoms with E-state index in [2.05, 4.69) is 0 Å². The van der Waals surface area contributed by atoms with Crippen molar-refractivity contribution in [3.05, 3.63) is 0 Å². The fraction of sp³-hybridized carbons (Fsp3) is 0.667. The van der Waals surface area contributed by atoms with Gasteiger partial charge in [-0.05, 0) is 0 Å². The fourth-order valence-corrected chi connectivity index (χ4v) is 0.587. The quantitative estimate of drug-likeness (QED) is 0.470. The Balaban J connectivity index is 3.05. The van der Waals surface area contributed by atoms with E-state index < -0.39 is 14.3 Å². The molecule has 0 atom stereocenters. The SMILES string of the molecule is O=C(O)CCP(O)O. The predicted molar refractivity (Wildman–Crippen MR) is 28.5 cm³/mol. The lowest BCUT2D eigenvalue weighted by Crippen LogP contribution is -1.96. The first-order chi connectivity index (χ1) is 3.63. The van der Waals surface area contributed by atoms with Crippen LogP contribution in [0.4, 0.5) is 0 Å². The summed E-state index contributed by atoms with van der Waals surface area (Å²) in [6.45, 7) is 0. The lowest BCUT2D eigenvalue weighted by molar-refractivity contribution is -0.136. The summed E-state index contributed by atoms with van der Waals surface area (Å²) in [5.41, 5.74) is 0. The largest absolute Gasteiger partial charge is 0.481 e. The van der Waals surface area contributed by atoms with Crippen molar-refractivity contribution in [1.82, 2.24) is 0 Å². The average Bonchev–Trinajstić information content (AvgIpc) is 1.61. The third-order valence-corrected chi connectivity index (χ3v) is 1.15. The summed E-state index contributed by atoms with van der Waals surface area (Å²) in [6.07, 6.45) is -0.205. The Morgan fingerprint density at radius 1 is 1.50 bits per heavy atom. The standard InChI is InChI=1S/C3H7O4P/c4-3(5)1-2-8(6)7/h6-7H,1-2H2,(H,4,5). The highest BCUT2D eigenvalue weighted by Gasteiger charge is 2.01. The van der Waals surface area contributed by atoms with E-state index in [-0.39, 0.29) is 12.6 Å². The molecule has 0 aromatic heterocycles. The molecule has 0 fully saturated rings. The molecule has 0 aromatic rings. The van der Waals surface area contributed by atoms with E-state index in [1.165, 1.54) is 0 Å². The van der Waals surface area contributed by atoms with Gasteiger partial charge < -0.3 is 14.9 Å². The van der Waals surface area contributed by atoms with E-state index in [4.69, 9.17) is 14.9 Å². The van der Waals surface area contributed by atoms with Gasteiger partial charge in [0.15, 0.2) is 8.38 Å². The molecule has 3 N–H and O–H groups in total. The third kappa shape index (κ3) is 5.82. The van der Waals surface area contributed by atoms with Crippen molar-refractivity contribution in [2.75, 3.05) is 6.16 Å². The number of carbonyl (C=O) groups is 1. The minimum Gasteiger partial charge on any atom is -0.481 e. The smallest absolute Gasteiger partial charge is 0.303 e. The van der Waals surface area contributed by atoms with Crippen LogP contribution in [0.5, 0.6) is 0 Å². The summed E-state index contributed by atoms with van der Waals surface area (Å²) < 4.78 is 0. The molecule has 0 saturated heterocycles. The topological polar surface area (TPSA) is 77.8 Å². The van der Waals surface area contributed by atoms with Crippen LogP contribution in [0.2, 0.25) is 0 Å². The van der Waals surface area contributed by atoms with Crippen LogP contribution in [-0.4, -0.2) is 27.0 Å². The predicted octanol–water partition coefficient (Wildman–Crippen LogP) is -0.242. The first-order valence-electron chi connectivity index (χ1n) is 2.00. The third-order valence-electron chi connectivity index (χ3n) is 0.526. The molecule has 0 radical (unpaired) electrons. The summed E-state index contributed by atoms with van der Waals surface area (Å²) >= 11 is 0. The van der Waals surface area contributed by atoms with Gasteiger partial charge in [0.25, 0.3) is 0 Å². The number of aliphatic carboxylic acids is 1. The van der Waals surface area contributed by atoms with Gasteiger partial charge in [-0.25, -0.2) is 0 Å².